The van der Waals surface area contributed by atoms with Crippen LogP contribution in [0.2, 0.25) is 0 Å². The zero-order valence-corrected chi connectivity index (χ0v) is 17.0. The zero-order chi connectivity index (χ0) is 19.9. The molecular formula is C20H29N3O3. The highest BCUT2D eigenvalue weighted by Gasteiger charge is 2.22. The SMILES string of the molecule is Cc1cc2c(cc(C)n2C(=O)OC(C)(C)C)nc1NC(=O)CC(C)(C)C. The average molecular weight is 359 g/mol. The lowest BCUT2D eigenvalue weighted by Gasteiger charge is -2.20. The zero-order valence-electron chi connectivity index (χ0n) is 17.0. The predicted molar refractivity (Wildman–Crippen MR) is 104 cm³/mol. The van der Waals surface area contributed by atoms with Gasteiger partial charge in [-0.3, -0.25) is 4.79 Å². The van der Waals surface area contributed by atoms with E-state index in [-0.39, 0.29) is 11.3 Å². The molecule has 0 spiro atoms. The van der Waals surface area contributed by atoms with Gasteiger partial charge in [0.2, 0.25) is 5.91 Å². The molecule has 0 aliphatic carbocycles. The third-order valence-corrected chi connectivity index (χ3v) is 3.69. The highest BCUT2D eigenvalue weighted by atomic mass is 16.6. The number of pyridine rings is 1. The van der Waals surface area contributed by atoms with Crippen molar-refractivity contribution in [3.8, 4) is 0 Å². The van der Waals surface area contributed by atoms with Crippen molar-refractivity contribution < 1.29 is 14.3 Å². The van der Waals surface area contributed by atoms with Gasteiger partial charge in [0.1, 0.15) is 11.4 Å². The largest absolute Gasteiger partial charge is 0.443 e. The quantitative estimate of drug-likeness (QED) is 0.835. The topological polar surface area (TPSA) is 73.2 Å². The Hall–Kier alpha value is -2.37. The monoisotopic (exact) mass is 359 g/mol. The van der Waals surface area contributed by atoms with Crippen molar-refractivity contribution in [2.24, 2.45) is 5.41 Å². The molecule has 6 nitrogen and oxygen atoms in total. The van der Waals surface area contributed by atoms with E-state index in [1.165, 1.54) is 4.57 Å². The molecule has 0 saturated carbocycles. The first kappa shape index (κ1) is 19.9. The number of carbonyl (C=O) groups excluding carboxylic acids is 2. The van der Waals surface area contributed by atoms with Crippen molar-refractivity contribution >= 4 is 28.9 Å². The van der Waals surface area contributed by atoms with Gasteiger partial charge in [-0.2, -0.15) is 0 Å². The number of rotatable bonds is 2. The van der Waals surface area contributed by atoms with Crippen molar-refractivity contribution in [2.75, 3.05) is 5.32 Å². The smallest absolute Gasteiger partial charge is 0.419 e. The Labute approximate surface area is 154 Å². The van der Waals surface area contributed by atoms with Gasteiger partial charge in [0, 0.05) is 12.1 Å². The maximum atomic E-state index is 12.5. The second kappa shape index (κ2) is 6.74. The molecule has 2 aromatic heterocycles. The van der Waals surface area contributed by atoms with Crippen molar-refractivity contribution in [2.45, 2.75) is 67.4 Å². The van der Waals surface area contributed by atoms with Crippen LogP contribution < -0.4 is 5.32 Å². The summed E-state index contributed by atoms with van der Waals surface area (Å²) in [6, 6.07) is 3.67. The number of nitrogens with one attached hydrogen (secondary N) is 1. The summed E-state index contributed by atoms with van der Waals surface area (Å²) in [7, 11) is 0. The fourth-order valence-corrected chi connectivity index (χ4v) is 2.69. The van der Waals surface area contributed by atoms with Crippen LogP contribution in [0.25, 0.3) is 11.0 Å². The molecule has 0 fully saturated rings. The van der Waals surface area contributed by atoms with Crippen LogP contribution in [0.5, 0.6) is 0 Å². The normalized spacial score (nSPS) is 12.3. The fraction of sp³-hybridized carbons (Fsp3) is 0.550. The van der Waals surface area contributed by atoms with E-state index in [1.54, 1.807) is 0 Å². The van der Waals surface area contributed by atoms with Gasteiger partial charge < -0.3 is 10.1 Å². The molecule has 1 N–H and O–H groups in total. The maximum absolute atomic E-state index is 12.5. The van der Waals surface area contributed by atoms with Crippen LogP contribution in [0, 0.1) is 19.3 Å². The highest BCUT2D eigenvalue weighted by Crippen LogP contribution is 2.26. The molecule has 0 aliphatic heterocycles. The number of anilines is 1. The summed E-state index contributed by atoms with van der Waals surface area (Å²) in [6.07, 6.45) is -0.0277. The minimum atomic E-state index is -0.580. The number of amides is 1. The molecule has 2 aromatic rings. The molecule has 0 unspecified atom stereocenters. The summed E-state index contributed by atoms with van der Waals surface area (Å²) in [6.45, 7) is 15.2. The van der Waals surface area contributed by atoms with Crippen LogP contribution in [-0.2, 0) is 9.53 Å². The molecule has 1 amide bonds. The van der Waals surface area contributed by atoms with Gasteiger partial charge in [-0.15, -0.1) is 0 Å². The Morgan fingerprint density at radius 1 is 1.12 bits per heavy atom. The molecule has 0 bridgehead atoms. The van der Waals surface area contributed by atoms with Crippen LogP contribution in [-0.4, -0.2) is 27.2 Å². The third kappa shape index (κ3) is 4.84. The molecule has 26 heavy (non-hydrogen) atoms. The van der Waals surface area contributed by atoms with Gasteiger partial charge in [0.05, 0.1) is 11.0 Å². The molecule has 0 atom stereocenters. The van der Waals surface area contributed by atoms with Gasteiger partial charge in [0.25, 0.3) is 0 Å². The predicted octanol–water partition coefficient (Wildman–Crippen LogP) is 4.81. The van der Waals surface area contributed by atoms with Crippen molar-refractivity contribution in [3.05, 3.63) is 23.4 Å². The standard InChI is InChI=1S/C20H29N3O3/c1-12-9-15-14(21-17(12)22-16(24)11-19(3,4)5)10-13(2)23(15)18(25)26-20(6,7)8/h9-10H,11H2,1-8H3,(H,21,22,24). The van der Waals surface area contributed by atoms with Crippen LogP contribution >= 0.6 is 0 Å². The molecule has 6 heteroatoms. The Morgan fingerprint density at radius 2 is 1.73 bits per heavy atom. The van der Waals surface area contributed by atoms with Crippen LogP contribution in [0.15, 0.2) is 12.1 Å². The second-order valence-electron chi connectivity index (χ2n) is 8.95. The number of hydrogen-bond donors (Lipinski definition) is 1. The molecule has 0 radical (unpaired) electrons. The number of aryl methyl sites for hydroxylation is 2. The summed E-state index contributed by atoms with van der Waals surface area (Å²) in [5.74, 6) is 0.448. The van der Waals surface area contributed by atoms with E-state index in [0.29, 0.717) is 23.3 Å². The second-order valence-corrected chi connectivity index (χ2v) is 8.95. The molecule has 2 heterocycles. The molecule has 142 valence electrons. The van der Waals surface area contributed by atoms with E-state index in [4.69, 9.17) is 4.74 Å². The summed E-state index contributed by atoms with van der Waals surface area (Å²) < 4.78 is 7.00. The minimum absolute atomic E-state index is 0.0734. The number of ether oxygens (including phenoxy) is 1. The molecule has 0 aromatic carbocycles. The van der Waals surface area contributed by atoms with Crippen molar-refractivity contribution in [3.63, 3.8) is 0 Å². The van der Waals surface area contributed by atoms with E-state index >= 15 is 0 Å². The van der Waals surface area contributed by atoms with Crippen LogP contribution in [0.3, 0.4) is 0 Å². The lowest BCUT2D eigenvalue weighted by Crippen LogP contribution is -2.27. The van der Waals surface area contributed by atoms with Gasteiger partial charge in [-0.1, -0.05) is 20.8 Å². The van der Waals surface area contributed by atoms with E-state index in [1.807, 2.05) is 67.5 Å². The van der Waals surface area contributed by atoms with Crippen molar-refractivity contribution in [1.29, 1.82) is 0 Å². The number of aromatic nitrogens is 2. The van der Waals surface area contributed by atoms with E-state index < -0.39 is 11.7 Å². The van der Waals surface area contributed by atoms with Crippen LogP contribution in [0.1, 0.15) is 59.2 Å². The average Bonchev–Trinajstić information content (AvgIpc) is 2.70. The number of carbonyl (C=O) groups is 2. The summed E-state index contributed by atoms with van der Waals surface area (Å²) in [5, 5.41) is 2.88. The lowest BCUT2D eigenvalue weighted by atomic mass is 9.92. The molecule has 0 saturated heterocycles. The Balaban J connectivity index is 2.38. The first-order valence-electron chi connectivity index (χ1n) is 8.80. The molecule has 2 rings (SSSR count). The molecular weight excluding hydrogens is 330 g/mol. The number of hydrogen-bond acceptors (Lipinski definition) is 4. The lowest BCUT2D eigenvalue weighted by molar-refractivity contribution is -0.117. The van der Waals surface area contributed by atoms with E-state index in [0.717, 1.165) is 11.3 Å². The van der Waals surface area contributed by atoms with E-state index in [9.17, 15) is 9.59 Å². The summed E-state index contributed by atoms with van der Waals surface area (Å²) in [4.78, 5) is 29.3. The Morgan fingerprint density at radius 3 is 2.27 bits per heavy atom. The third-order valence-electron chi connectivity index (χ3n) is 3.69. The van der Waals surface area contributed by atoms with Gasteiger partial charge in [0.15, 0.2) is 0 Å². The van der Waals surface area contributed by atoms with Gasteiger partial charge in [-0.05, 0) is 57.7 Å². The Kier molecular flexibility index (Phi) is 5.17. The van der Waals surface area contributed by atoms with Gasteiger partial charge in [-0.25, -0.2) is 14.3 Å². The summed E-state index contributed by atoms with van der Waals surface area (Å²) >= 11 is 0. The molecule has 0 aliphatic rings. The Bertz CT molecular complexity index is 852. The van der Waals surface area contributed by atoms with Crippen molar-refractivity contribution in [1.82, 2.24) is 9.55 Å². The first-order chi connectivity index (χ1) is 11.8. The number of fused-ring (bicyclic) bond motifs is 1. The van der Waals surface area contributed by atoms with Gasteiger partial charge >= 0.3 is 6.09 Å². The highest BCUT2D eigenvalue weighted by molar-refractivity contribution is 5.94. The van der Waals surface area contributed by atoms with E-state index in [2.05, 4.69) is 10.3 Å². The number of nitrogens with zero attached hydrogens (tertiary/aromatic N) is 2. The minimum Gasteiger partial charge on any atom is -0.443 e. The summed E-state index contributed by atoms with van der Waals surface area (Å²) in [5.41, 5.74) is 2.16. The van der Waals surface area contributed by atoms with Crippen LogP contribution in [0.4, 0.5) is 10.6 Å². The first-order valence-corrected chi connectivity index (χ1v) is 8.80. The fourth-order valence-electron chi connectivity index (χ4n) is 2.69. The maximum Gasteiger partial charge on any atom is 0.419 e.